The molecule has 0 bridgehead atoms. The van der Waals surface area contributed by atoms with Crippen LogP contribution in [0.15, 0.2) is 54.9 Å². The van der Waals surface area contributed by atoms with Crippen molar-refractivity contribution in [3.05, 3.63) is 71.7 Å². The van der Waals surface area contributed by atoms with Crippen molar-refractivity contribution in [2.75, 3.05) is 18.7 Å². The molecule has 0 aliphatic rings. The van der Waals surface area contributed by atoms with Crippen LogP contribution in [0.25, 0.3) is 22.2 Å². The predicted molar refractivity (Wildman–Crippen MR) is 130 cm³/mol. The number of hydrogen-bond donors (Lipinski definition) is 2. The monoisotopic (exact) mass is 462 g/mol. The lowest BCUT2D eigenvalue weighted by Gasteiger charge is -2.13. The summed E-state index contributed by atoms with van der Waals surface area (Å²) in [6, 6.07) is 14.8. The number of carbonyl (C=O) groups is 1. The van der Waals surface area contributed by atoms with Crippen LogP contribution in [-0.4, -0.2) is 39.0 Å². The highest BCUT2D eigenvalue weighted by Gasteiger charge is 2.13. The summed E-state index contributed by atoms with van der Waals surface area (Å²) < 4.78 is 20.1. The molecule has 2 N–H and O–H groups in total. The van der Waals surface area contributed by atoms with Gasteiger partial charge < -0.3 is 19.7 Å². The van der Waals surface area contributed by atoms with Crippen molar-refractivity contribution in [1.82, 2.24) is 14.5 Å². The number of nitrogens with one attached hydrogen (secondary N) is 1. The number of aromatic nitrogens is 3. The fourth-order valence-electron chi connectivity index (χ4n) is 4.23. The average molecular weight is 463 g/mol. The second kappa shape index (κ2) is 10.3. The second-order valence-corrected chi connectivity index (χ2v) is 8.03. The molecule has 8 heteroatoms. The lowest BCUT2D eigenvalue weighted by molar-refractivity contribution is 0.0695. The summed E-state index contributed by atoms with van der Waals surface area (Å²) in [4.78, 5) is 20.2. The summed E-state index contributed by atoms with van der Waals surface area (Å²) in [6.07, 6.45) is 3.03. The molecule has 2 aromatic carbocycles. The molecule has 4 rings (SSSR count). The van der Waals surface area contributed by atoms with Gasteiger partial charge in [-0.3, -0.25) is 0 Å². The van der Waals surface area contributed by atoms with E-state index in [-0.39, 0.29) is 0 Å². The maximum absolute atomic E-state index is 12.8. The Morgan fingerprint density at radius 2 is 2.03 bits per heavy atom. The summed E-state index contributed by atoms with van der Waals surface area (Å²) in [7, 11) is 0. The van der Waals surface area contributed by atoms with Crippen LogP contribution in [-0.2, 0) is 13.0 Å². The van der Waals surface area contributed by atoms with Crippen molar-refractivity contribution >= 4 is 22.7 Å². The molecule has 0 aliphatic carbocycles. The summed E-state index contributed by atoms with van der Waals surface area (Å²) in [5.74, 6) is 0.261. The standard InChI is InChI=1S/C26H27FN4O3/c1-3-5-18-13-19(8-9-21(18)26(32)33)22-14-24(30-16-29-22)28-10-11-31-17(2)12-20-6-4-7-23(25(20)31)34-15-27/h4,6-9,12-14,16H,3,5,10-11,15H2,1-2H3,(H,32,33)(H,28,29,30). The first-order chi connectivity index (χ1) is 16.5. The average Bonchev–Trinajstić information content (AvgIpc) is 3.15. The summed E-state index contributed by atoms with van der Waals surface area (Å²) >= 11 is 0. The van der Waals surface area contributed by atoms with Gasteiger partial charge in [0, 0.05) is 35.8 Å². The number of para-hydroxylation sites is 1. The normalized spacial score (nSPS) is 11.0. The number of aromatic carboxylic acids is 1. The molecule has 7 nitrogen and oxygen atoms in total. The maximum atomic E-state index is 12.8. The van der Waals surface area contributed by atoms with Gasteiger partial charge in [0.05, 0.1) is 16.8 Å². The zero-order valence-corrected chi connectivity index (χ0v) is 19.2. The molecule has 2 aromatic heterocycles. The number of fused-ring (bicyclic) bond motifs is 1. The molecule has 0 amide bonds. The molecule has 0 saturated heterocycles. The van der Waals surface area contributed by atoms with Gasteiger partial charge in [0.25, 0.3) is 0 Å². The van der Waals surface area contributed by atoms with Crippen molar-refractivity contribution in [2.24, 2.45) is 0 Å². The smallest absolute Gasteiger partial charge is 0.335 e. The van der Waals surface area contributed by atoms with Crippen LogP contribution in [0.2, 0.25) is 0 Å². The molecule has 2 heterocycles. The molecule has 0 saturated carbocycles. The molecule has 0 unspecified atom stereocenters. The van der Waals surface area contributed by atoms with Gasteiger partial charge in [-0.15, -0.1) is 0 Å². The summed E-state index contributed by atoms with van der Waals surface area (Å²) in [5.41, 5.74) is 4.60. The van der Waals surface area contributed by atoms with Crippen molar-refractivity contribution in [1.29, 1.82) is 0 Å². The highest BCUT2D eigenvalue weighted by atomic mass is 19.1. The fraction of sp³-hybridized carbons (Fsp3) is 0.269. The molecular formula is C26H27FN4O3. The van der Waals surface area contributed by atoms with E-state index in [9.17, 15) is 14.3 Å². The van der Waals surface area contributed by atoms with E-state index in [0.717, 1.165) is 34.1 Å². The molecule has 34 heavy (non-hydrogen) atoms. The van der Waals surface area contributed by atoms with E-state index in [4.69, 9.17) is 4.74 Å². The van der Waals surface area contributed by atoms with Gasteiger partial charge in [0.2, 0.25) is 6.86 Å². The van der Waals surface area contributed by atoms with E-state index in [1.54, 1.807) is 18.2 Å². The van der Waals surface area contributed by atoms with Crippen LogP contribution >= 0.6 is 0 Å². The SMILES string of the molecule is CCCc1cc(-c2cc(NCCn3c(C)cc4cccc(OCF)c43)ncn2)ccc1C(=O)O. The molecule has 4 aromatic rings. The summed E-state index contributed by atoms with van der Waals surface area (Å²) in [6.45, 7) is 4.38. The number of carboxylic acids is 1. The van der Waals surface area contributed by atoms with Gasteiger partial charge in [-0.1, -0.05) is 31.5 Å². The third kappa shape index (κ3) is 4.85. The lowest BCUT2D eigenvalue weighted by atomic mass is 9.99. The fourth-order valence-corrected chi connectivity index (χ4v) is 4.23. The minimum absolute atomic E-state index is 0.323. The number of rotatable bonds is 10. The number of hydrogen-bond acceptors (Lipinski definition) is 5. The second-order valence-electron chi connectivity index (χ2n) is 8.03. The van der Waals surface area contributed by atoms with Crippen molar-refractivity contribution in [3.63, 3.8) is 0 Å². The predicted octanol–water partition coefficient (Wildman–Crippen LogP) is 5.48. The minimum Gasteiger partial charge on any atom is -0.478 e. The molecule has 176 valence electrons. The van der Waals surface area contributed by atoms with Gasteiger partial charge in [-0.05, 0) is 43.2 Å². The van der Waals surface area contributed by atoms with Crippen LogP contribution in [0.1, 0.15) is 35.0 Å². The molecule has 0 aliphatic heterocycles. The highest BCUT2D eigenvalue weighted by Crippen LogP contribution is 2.29. The Bertz CT molecular complexity index is 1320. The van der Waals surface area contributed by atoms with Crippen LogP contribution in [0.3, 0.4) is 0 Å². The molecule has 0 spiro atoms. The van der Waals surface area contributed by atoms with Gasteiger partial charge in [-0.25, -0.2) is 19.2 Å². The van der Waals surface area contributed by atoms with Gasteiger partial charge in [0.1, 0.15) is 17.9 Å². The first kappa shape index (κ1) is 23.2. The number of carboxylic acid groups (broad SMARTS) is 1. The lowest BCUT2D eigenvalue weighted by Crippen LogP contribution is -2.13. The largest absolute Gasteiger partial charge is 0.478 e. The van der Waals surface area contributed by atoms with Crippen LogP contribution in [0.5, 0.6) is 5.75 Å². The topological polar surface area (TPSA) is 89.3 Å². The Hall–Kier alpha value is -3.94. The van der Waals surface area contributed by atoms with E-state index >= 15 is 0 Å². The summed E-state index contributed by atoms with van der Waals surface area (Å²) in [5, 5.41) is 13.8. The number of alkyl halides is 1. The number of aryl methyl sites for hydroxylation is 2. The number of halogens is 1. The van der Waals surface area contributed by atoms with Crippen molar-refractivity contribution in [2.45, 2.75) is 33.2 Å². The Morgan fingerprint density at radius 1 is 1.18 bits per heavy atom. The van der Waals surface area contributed by atoms with E-state index in [2.05, 4.69) is 25.9 Å². The third-order valence-electron chi connectivity index (χ3n) is 5.76. The highest BCUT2D eigenvalue weighted by molar-refractivity contribution is 5.90. The van der Waals surface area contributed by atoms with Crippen LogP contribution < -0.4 is 10.1 Å². The molecule has 0 fully saturated rings. The van der Waals surface area contributed by atoms with E-state index in [0.29, 0.717) is 42.3 Å². The van der Waals surface area contributed by atoms with Crippen LogP contribution in [0.4, 0.5) is 10.2 Å². The van der Waals surface area contributed by atoms with Crippen molar-refractivity contribution in [3.8, 4) is 17.0 Å². The Labute approximate surface area is 197 Å². The first-order valence-corrected chi connectivity index (χ1v) is 11.2. The number of nitrogens with zero attached hydrogens (tertiary/aromatic N) is 3. The zero-order valence-electron chi connectivity index (χ0n) is 19.2. The first-order valence-electron chi connectivity index (χ1n) is 11.2. The number of anilines is 1. The molecule has 0 atom stereocenters. The van der Waals surface area contributed by atoms with Crippen LogP contribution in [0, 0.1) is 6.92 Å². The quantitative estimate of drug-likeness (QED) is 0.325. The minimum atomic E-state index is -0.923. The van der Waals surface area contributed by atoms with E-state index in [1.165, 1.54) is 6.33 Å². The molecule has 0 radical (unpaired) electrons. The van der Waals surface area contributed by atoms with Gasteiger partial charge >= 0.3 is 5.97 Å². The number of ether oxygens (including phenoxy) is 1. The van der Waals surface area contributed by atoms with Crippen molar-refractivity contribution < 1.29 is 19.0 Å². The Morgan fingerprint density at radius 3 is 2.79 bits per heavy atom. The van der Waals surface area contributed by atoms with E-state index in [1.807, 2.05) is 38.1 Å². The zero-order chi connectivity index (χ0) is 24.1. The maximum Gasteiger partial charge on any atom is 0.335 e. The third-order valence-corrected chi connectivity index (χ3v) is 5.76. The molecular weight excluding hydrogens is 435 g/mol. The Balaban J connectivity index is 1.52. The van der Waals surface area contributed by atoms with E-state index < -0.39 is 12.8 Å². The van der Waals surface area contributed by atoms with Gasteiger partial charge in [0.15, 0.2) is 0 Å². The Kier molecular flexibility index (Phi) is 7.06. The number of benzene rings is 2. The van der Waals surface area contributed by atoms with Gasteiger partial charge in [-0.2, -0.15) is 0 Å².